The highest BCUT2D eigenvalue weighted by atomic mass is 16.4. The third-order valence-electron chi connectivity index (χ3n) is 5.76. The molecule has 0 aromatic carbocycles. The number of aliphatic carboxylic acids is 1. The van der Waals surface area contributed by atoms with Crippen molar-refractivity contribution in [2.45, 2.75) is 50.1 Å². The first kappa shape index (κ1) is 15.7. The largest absolute Gasteiger partial charge is 0.480 e. The molecule has 3 aliphatic rings. The zero-order valence-electron chi connectivity index (χ0n) is 13.5. The van der Waals surface area contributed by atoms with Gasteiger partial charge in [-0.25, -0.2) is 0 Å². The van der Waals surface area contributed by atoms with Gasteiger partial charge in [-0.05, 0) is 45.8 Å². The maximum Gasteiger partial charge on any atom is 0.322 e. The molecule has 0 spiro atoms. The van der Waals surface area contributed by atoms with Crippen LogP contribution < -0.4 is 0 Å². The van der Waals surface area contributed by atoms with Gasteiger partial charge in [0, 0.05) is 19.6 Å². The van der Waals surface area contributed by atoms with E-state index in [1.807, 2.05) is 16.8 Å². The molecule has 0 bridgehead atoms. The topological polar surface area (TPSA) is 64.1 Å². The molecule has 0 aromatic heterocycles. The maximum absolute atomic E-state index is 13.3. The first-order valence-electron chi connectivity index (χ1n) is 8.52. The van der Waals surface area contributed by atoms with Crippen LogP contribution in [0.15, 0.2) is 0 Å². The molecular formula is C16H27N3O3. The van der Waals surface area contributed by atoms with E-state index < -0.39 is 12.0 Å². The van der Waals surface area contributed by atoms with Crippen molar-refractivity contribution in [1.29, 1.82) is 0 Å². The summed E-state index contributed by atoms with van der Waals surface area (Å²) in [6.45, 7) is 3.64. The fourth-order valence-electron chi connectivity index (χ4n) is 4.39. The summed E-state index contributed by atoms with van der Waals surface area (Å²) >= 11 is 0. The Morgan fingerprint density at radius 3 is 2.23 bits per heavy atom. The number of nitrogens with zero attached hydrogens (tertiary/aromatic N) is 3. The Kier molecular flexibility index (Phi) is 4.41. The molecule has 2 saturated heterocycles. The lowest BCUT2D eigenvalue weighted by molar-refractivity contribution is -0.152. The van der Waals surface area contributed by atoms with E-state index in [9.17, 15) is 14.7 Å². The fourth-order valence-corrected chi connectivity index (χ4v) is 4.39. The average Bonchev–Trinajstić information content (AvgIpc) is 3.18. The molecule has 1 aliphatic carbocycles. The van der Waals surface area contributed by atoms with Crippen molar-refractivity contribution in [2.24, 2.45) is 0 Å². The number of rotatable bonds is 3. The summed E-state index contributed by atoms with van der Waals surface area (Å²) in [5.41, 5.74) is -0.338. The monoisotopic (exact) mass is 309 g/mol. The molecule has 0 aromatic rings. The second-order valence-electron chi connectivity index (χ2n) is 7.02. The van der Waals surface area contributed by atoms with E-state index >= 15 is 0 Å². The third kappa shape index (κ3) is 2.63. The van der Waals surface area contributed by atoms with E-state index in [-0.39, 0.29) is 11.4 Å². The van der Waals surface area contributed by atoms with Crippen molar-refractivity contribution < 1.29 is 14.7 Å². The van der Waals surface area contributed by atoms with E-state index in [1.54, 1.807) is 0 Å². The molecule has 2 aliphatic heterocycles. The molecule has 22 heavy (non-hydrogen) atoms. The summed E-state index contributed by atoms with van der Waals surface area (Å²) in [5, 5.41) is 9.36. The van der Waals surface area contributed by atoms with Crippen LogP contribution in [0.25, 0.3) is 0 Å². The van der Waals surface area contributed by atoms with E-state index in [2.05, 4.69) is 4.90 Å². The van der Waals surface area contributed by atoms with Crippen molar-refractivity contribution >= 4 is 11.9 Å². The van der Waals surface area contributed by atoms with Gasteiger partial charge in [0.25, 0.3) is 0 Å². The molecule has 1 saturated carbocycles. The first-order valence-corrected chi connectivity index (χ1v) is 8.52. The molecule has 1 amide bonds. The summed E-state index contributed by atoms with van der Waals surface area (Å²) in [6.07, 6.45) is 6.45. The Hall–Kier alpha value is -1.14. The zero-order chi connectivity index (χ0) is 15.7. The van der Waals surface area contributed by atoms with Crippen LogP contribution in [-0.2, 0) is 9.59 Å². The van der Waals surface area contributed by atoms with Gasteiger partial charge < -0.3 is 10.0 Å². The predicted octanol–water partition coefficient (Wildman–Crippen LogP) is 0.622. The first-order chi connectivity index (χ1) is 10.5. The lowest BCUT2D eigenvalue weighted by Gasteiger charge is -2.44. The van der Waals surface area contributed by atoms with Crippen LogP contribution in [0.2, 0.25) is 0 Å². The zero-order valence-corrected chi connectivity index (χ0v) is 13.5. The molecule has 3 rings (SSSR count). The smallest absolute Gasteiger partial charge is 0.322 e. The van der Waals surface area contributed by atoms with E-state index in [1.165, 1.54) is 12.8 Å². The molecule has 6 heteroatoms. The molecule has 3 fully saturated rings. The Morgan fingerprint density at radius 2 is 1.64 bits per heavy atom. The number of likely N-dealkylation sites (tertiary alicyclic amines) is 1. The Balaban J connectivity index is 1.77. The van der Waals surface area contributed by atoms with Crippen molar-refractivity contribution in [2.75, 3.05) is 39.8 Å². The third-order valence-corrected chi connectivity index (χ3v) is 5.76. The second-order valence-corrected chi connectivity index (χ2v) is 7.02. The van der Waals surface area contributed by atoms with Gasteiger partial charge >= 0.3 is 5.97 Å². The number of carboxylic acid groups (broad SMARTS) is 1. The summed E-state index contributed by atoms with van der Waals surface area (Å²) < 4.78 is 0. The molecular weight excluding hydrogens is 282 g/mol. The van der Waals surface area contributed by atoms with Gasteiger partial charge in [-0.1, -0.05) is 12.8 Å². The minimum Gasteiger partial charge on any atom is -0.480 e. The van der Waals surface area contributed by atoms with Gasteiger partial charge in [-0.15, -0.1) is 0 Å². The van der Waals surface area contributed by atoms with Crippen LogP contribution in [0, 0.1) is 0 Å². The number of carbonyl (C=O) groups excluding carboxylic acids is 1. The standard InChI is InChI=1S/C16H27N3O3/c1-17-10-11-18(12-13(17)14(20)21)15(22)16(6-2-3-7-16)19-8-4-5-9-19/h13H,2-12H2,1H3,(H,20,21)/t13-/m1/s1. The van der Waals surface area contributed by atoms with E-state index in [4.69, 9.17) is 0 Å². The lowest BCUT2D eigenvalue weighted by atomic mass is 9.92. The number of hydrogen-bond donors (Lipinski definition) is 1. The molecule has 6 nitrogen and oxygen atoms in total. The molecule has 1 atom stereocenters. The van der Waals surface area contributed by atoms with Gasteiger partial charge in [0.05, 0.1) is 0 Å². The number of hydrogen-bond acceptors (Lipinski definition) is 4. The average molecular weight is 309 g/mol. The second kappa shape index (κ2) is 6.16. The number of likely N-dealkylation sites (N-methyl/N-ethyl adjacent to an activating group) is 1. The molecule has 0 unspecified atom stereocenters. The molecule has 1 N–H and O–H groups in total. The minimum atomic E-state index is -0.832. The van der Waals surface area contributed by atoms with Crippen molar-refractivity contribution in [3.63, 3.8) is 0 Å². The maximum atomic E-state index is 13.3. The quantitative estimate of drug-likeness (QED) is 0.828. The Labute approximate surface area is 132 Å². The number of amides is 1. The number of carboxylic acids is 1. The summed E-state index contributed by atoms with van der Waals surface area (Å²) in [5.74, 6) is -0.645. The van der Waals surface area contributed by atoms with Gasteiger partial charge in [0.1, 0.15) is 11.6 Å². The number of piperazine rings is 1. The van der Waals surface area contributed by atoms with Gasteiger partial charge in [-0.3, -0.25) is 19.4 Å². The highest BCUT2D eigenvalue weighted by molar-refractivity contribution is 5.88. The summed E-state index contributed by atoms with van der Waals surface area (Å²) in [7, 11) is 1.83. The predicted molar refractivity (Wildman–Crippen MR) is 82.6 cm³/mol. The van der Waals surface area contributed by atoms with Crippen LogP contribution in [0.4, 0.5) is 0 Å². The van der Waals surface area contributed by atoms with Gasteiger partial charge in [-0.2, -0.15) is 0 Å². The minimum absolute atomic E-state index is 0.186. The SMILES string of the molecule is CN1CCN(C(=O)C2(N3CCCC3)CCCC2)C[C@@H]1C(=O)O. The molecule has 124 valence electrons. The van der Waals surface area contributed by atoms with Crippen LogP contribution in [0.3, 0.4) is 0 Å². The van der Waals surface area contributed by atoms with Crippen LogP contribution in [-0.4, -0.2) is 83.0 Å². The number of carbonyl (C=O) groups is 2. The van der Waals surface area contributed by atoms with Crippen molar-refractivity contribution in [3.8, 4) is 0 Å². The van der Waals surface area contributed by atoms with Crippen LogP contribution in [0.1, 0.15) is 38.5 Å². The highest BCUT2D eigenvalue weighted by Crippen LogP contribution is 2.39. The summed E-state index contributed by atoms with van der Waals surface area (Å²) in [6, 6.07) is -0.574. The molecule has 2 heterocycles. The lowest BCUT2D eigenvalue weighted by Crippen LogP contribution is -2.63. The highest BCUT2D eigenvalue weighted by Gasteiger charge is 2.49. The van der Waals surface area contributed by atoms with E-state index in [0.717, 1.165) is 38.8 Å². The Morgan fingerprint density at radius 1 is 1.00 bits per heavy atom. The van der Waals surface area contributed by atoms with Gasteiger partial charge in [0.2, 0.25) is 5.91 Å². The summed E-state index contributed by atoms with van der Waals surface area (Å²) in [4.78, 5) is 30.7. The normalized spacial score (nSPS) is 29.9. The van der Waals surface area contributed by atoms with Gasteiger partial charge in [0.15, 0.2) is 0 Å². The van der Waals surface area contributed by atoms with E-state index in [0.29, 0.717) is 19.6 Å². The Bertz CT molecular complexity index is 442. The molecule has 0 radical (unpaired) electrons. The van der Waals surface area contributed by atoms with Crippen molar-refractivity contribution in [1.82, 2.24) is 14.7 Å². The van der Waals surface area contributed by atoms with Crippen LogP contribution in [0.5, 0.6) is 0 Å². The van der Waals surface area contributed by atoms with Crippen molar-refractivity contribution in [3.05, 3.63) is 0 Å². The fraction of sp³-hybridized carbons (Fsp3) is 0.875. The van der Waals surface area contributed by atoms with Crippen LogP contribution >= 0.6 is 0 Å².